The van der Waals surface area contributed by atoms with Crippen molar-refractivity contribution in [3.05, 3.63) is 114 Å². The average Bonchev–Trinajstić information content (AvgIpc) is 2.81. The standard InChI is InChI=1S/C27H24BNO3/c1-27(2)23-12-6-8-14-25(23)29(26-15-9-7-13-24(26)27)20-16-18-22(19-17-20)32-28(30)31-21-10-4-3-5-11-21/h3-19,30H,1-2H3. The second-order valence-corrected chi connectivity index (χ2v) is 8.34. The highest BCUT2D eigenvalue weighted by Crippen LogP contribution is 2.51. The minimum Gasteiger partial charge on any atom is -0.501 e. The van der Waals surface area contributed by atoms with Gasteiger partial charge in [-0.3, -0.25) is 0 Å². The van der Waals surface area contributed by atoms with E-state index in [4.69, 9.17) is 9.31 Å². The van der Waals surface area contributed by atoms with Crippen LogP contribution in [-0.4, -0.2) is 12.3 Å². The largest absolute Gasteiger partial charge is 0.785 e. The van der Waals surface area contributed by atoms with Crippen molar-refractivity contribution in [3.8, 4) is 11.5 Å². The summed E-state index contributed by atoms with van der Waals surface area (Å²) in [6.07, 6.45) is 0. The predicted octanol–water partition coefficient (Wildman–Crippen LogP) is 6.23. The molecule has 0 atom stereocenters. The monoisotopic (exact) mass is 421 g/mol. The minimum absolute atomic E-state index is 0.0916. The van der Waals surface area contributed by atoms with E-state index in [9.17, 15) is 5.02 Å². The molecule has 0 unspecified atom stereocenters. The Bertz CT molecular complexity index is 1180. The maximum Gasteiger partial charge on any atom is 0.785 e. The van der Waals surface area contributed by atoms with E-state index < -0.39 is 7.32 Å². The van der Waals surface area contributed by atoms with Crippen LogP contribution in [0.2, 0.25) is 0 Å². The SMILES string of the molecule is CC1(C)c2ccccc2N(c2ccc(OB(O)Oc3ccccc3)cc2)c2ccccc21. The van der Waals surface area contributed by atoms with Crippen molar-refractivity contribution >= 4 is 24.4 Å². The third kappa shape index (κ3) is 3.61. The molecule has 1 aliphatic rings. The van der Waals surface area contributed by atoms with Crippen molar-refractivity contribution in [2.24, 2.45) is 0 Å². The van der Waals surface area contributed by atoms with E-state index in [-0.39, 0.29) is 5.41 Å². The summed E-state index contributed by atoms with van der Waals surface area (Å²) in [6, 6.07) is 33.8. The van der Waals surface area contributed by atoms with Gasteiger partial charge in [-0.1, -0.05) is 68.4 Å². The molecule has 0 fully saturated rings. The zero-order chi connectivity index (χ0) is 22.1. The summed E-state index contributed by atoms with van der Waals surface area (Å²) in [5, 5.41) is 10.1. The molecule has 5 heteroatoms. The van der Waals surface area contributed by atoms with Crippen molar-refractivity contribution in [3.63, 3.8) is 0 Å². The maximum absolute atomic E-state index is 10.1. The first kappa shape index (κ1) is 20.2. The number of para-hydroxylation sites is 3. The number of benzene rings is 4. The molecule has 0 bridgehead atoms. The Hall–Kier alpha value is -3.70. The number of fused-ring (bicyclic) bond motifs is 2. The lowest BCUT2D eigenvalue weighted by molar-refractivity contribution is 0.298. The van der Waals surface area contributed by atoms with Gasteiger partial charge in [0.1, 0.15) is 11.5 Å². The van der Waals surface area contributed by atoms with Crippen LogP contribution in [0.1, 0.15) is 25.0 Å². The van der Waals surface area contributed by atoms with E-state index in [0.29, 0.717) is 11.5 Å². The van der Waals surface area contributed by atoms with Crippen molar-refractivity contribution in [1.82, 2.24) is 0 Å². The van der Waals surface area contributed by atoms with Gasteiger partial charge in [0.25, 0.3) is 0 Å². The quantitative estimate of drug-likeness (QED) is 0.388. The molecule has 0 saturated heterocycles. The summed E-state index contributed by atoms with van der Waals surface area (Å²) >= 11 is 0. The molecule has 1 N–H and O–H groups in total. The number of hydrogen-bond acceptors (Lipinski definition) is 4. The van der Waals surface area contributed by atoms with Crippen LogP contribution in [0.3, 0.4) is 0 Å². The van der Waals surface area contributed by atoms with Gasteiger partial charge in [-0.25, -0.2) is 0 Å². The predicted molar refractivity (Wildman–Crippen MR) is 129 cm³/mol. The second kappa shape index (κ2) is 8.10. The molecule has 0 saturated carbocycles. The van der Waals surface area contributed by atoms with Gasteiger partial charge >= 0.3 is 7.32 Å². The van der Waals surface area contributed by atoms with E-state index in [1.54, 1.807) is 12.1 Å². The summed E-state index contributed by atoms with van der Waals surface area (Å²) in [5.74, 6) is 1.07. The van der Waals surface area contributed by atoms with Gasteiger partial charge in [-0.15, -0.1) is 0 Å². The lowest BCUT2D eigenvalue weighted by Crippen LogP contribution is -2.30. The number of rotatable bonds is 5. The third-order valence-corrected chi connectivity index (χ3v) is 5.95. The van der Waals surface area contributed by atoms with Crippen molar-refractivity contribution < 1.29 is 14.3 Å². The zero-order valence-electron chi connectivity index (χ0n) is 18.1. The molecule has 1 heterocycles. The van der Waals surface area contributed by atoms with Crippen LogP contribution < -0.4 is 14.2 Å². The molecule has 4 aromatic carbocycles. The van der Waals surface area contributed by atoms with Crippen LogP contribution >= 0.6 is 0 Å². The maximum atomic E-state index is 10.1. The summed E-state index contributed by atoms with van der Waals surface area (Å²) in [4.78, 5) is 2.27. The Kier molecular flexibility index (Phi) is 5.12. The van der Waals surface area contributed by atoms with E-state index in [1.165, 1.54) is 11.1 Å². The smallest absolute Gasteiger partial charge is 0.501 e. The molecule has 4 aromatic rings. The highest BCUT2D eigenvalue weighted by Gasteiger charge is 2.36. The summed E-state index contributed by atoms with van der Waals surface area (Å²) in [5.41, 5.74) is 5.82. The normalized spacial score (nSPS) is 13.7. The lowest BCUT2D eigenvalue weighted by atomic mass is 9.73. The summed E-state index contributed by atoms with van der Waals surface area (Å²) in [6.45, 7) is 4.54. The van der Waals surface area contributed by atoms with Gasteiger partial charge in [0.2, 0.25) is 0 Å². The minimum atomic E-state index is -1.39. The molecule has 0 spiro atoms. The third-order valence-electron chi connectivity index (χ3n) is 5.95. The highest BCUT2D eigenvalue weighted by atomic mass is 16.7. The Morgan fingerprint density at radius 3 is 1.66 bits per heavy atom. The molecule has 5 rings (SSSR count). The first-order valence-electron chi connectivity index (χ1n) is 10.7. The van der Waals surface area contributed by atoms with Gasteiger partial charge in [0, 0.05) is 11.1 Å². The summed E-state index contributed by atoms with van der Waals surface area (Å²) < 4.78 is 11.0. The Morgan fingerprint density at radius 1 is 0.625 bits per heavy atom. The van der Waals surface area contributed by atoms with Gasteiger partial charge in [-0.2, -0.15) is 0 Å². The molecule has 0 aromatic heterocycles. The first-order valence-corrected chi connectivity index (χ1v) is 10.7. The van der Waals surface area contributed by atoms with Crippen molar-refractivity contribution in [2.45, 2.75) is 19.3 Å². The topological polar surface area (TPSA) is 41.9 Å². The fraction of sp³-hybridized carbons (Fsp3) is 0.111. The average molecular weight is 421 g/mol. The molecular weight excluding hydrogens is 397 g/mol. The number of nitrogens with zero attached hydrogens (tertiary/aromatic N) is 1. The van der Waals surface area contributed by atoms with Gasteiger partial charge in [0.05, 0.1) is 11.4 Å². The molecule has 32 heavy (non-hydrogen) atoms. The van der Waals surface area contributed by atoms with Gasteiger partial charge in [-0.05, 0) is 59.7 Å². The Balaban J connectivity index is 1.44. The number of hydrogen-bond donors (Lipinski definition) is 1. The van der Waals surface area contributed by atoms with Gasteiger partial charge in [0.15, 0.2) is 0 Å². The zero-order valence-corrected chi connectivity index (χ0v) is 18.1. The van der Waals surface area contributed by atoms with Gasteiger partial charge < -0.3 is 19.2 Å². The molecule has 1 aliphatic heterocycles. The molecule has 0 aliphatic carbocycles. The molecule has 0 radical (unpaired) electrons. The molecule has 0 amide bonds. The van der Waals surface area contributed by atoms with Crippen LogP contribution in [0.25, 0.3) is 0 Å². The van der Waals surface area contributed by atoms with Crippen LogP contribution in [-0.2, 0) is 5.41 Å². The molecule has 158 valence electrons. The van der Waals surface area contributed by atoms with Crippen LogP contribution in [0, 0.1) is 0 Å². The van der Waals surface area contributed by atoms with Crippen molar-refractivity contribution in [1.29, 1.82) is 0 Å². The van der Waals surface area contributed by atoms with Crippen molar-refractivity contribution in [2.75, 3.05) is 4.90 Å². The molecular formula is C27H24BNO3. The van der Waals surface area contributed by atoms with E-state index >= 15 is 0 Å². The fourth-order valence-corrected chi connectivity index (χ4v) is 4.38. The fourth-order valence-electron chi connectivity index (χ4n) is 4.38. The van der Waals surface area contributed by atoms with E-state index in [1.807, 2.05) is 42.5 Å². The van der Waals surface area contributed by atoms with Crippen LogP contribution in [0.15, 0.2) is 103 Å². The second-order valence-electron chi connectivity index (χ2n) is 8.34. The number of anilines is 3. The Morgan fingerprint density at radius 2 is 1.09 bits per heavy atom. The highest BCUT2D eigenvalue weighted by molar-refractivity contribution is 6.36. The lowest BCUT2D eigenvalue weighted by Gasteiger charge is -2.42. The van der Waals surface area contributed by atoms with E-state index in [0.717, 1.165) is 17.1 Å². The van der Waals surface area contributed by atoms with Crippen LogP contribution in [0.4, 0.5) is 17.1 Å². The van der Waals surface area contributed by atoms with E-state index in [2.05, 4.69) is 67.3 Å². The molecule has 4 nitrogen and oxygen atoms in total. The van der Waals surface area contributed by atoms with Crippen LogP contribution in [0.5, 0.6) is 11.5 Å². The first-order chi connectivity index (χ1) is 15.5. The summed E-state index contributed by atoms with van der Waals surface area (Å²) in [7, 11) is -1.39. The Labute approximate surface area is 188 Å².